The molecule has 7 nitrogen and oxygen atoms in total. The fraction of sp³-hybridized carbons (Fsp3) is 0.500. The normalized spacial score (nSPS) is 9.67. The van der Waals surface area contributed by atoms with Gasteiger partial charge in [-0.15, -0.1) is 0 Å². The first-order valence-corrected chi connectivity index (χ1v) is 4.46. The second-order valence-electron chi connectivity index (χ2n) is 3.07. The lowest BCUT2D eigenvalue weighted by molar-refractivity contribution is 0.607. The van der Waals surface area contributed by atoms with Crippen LogP contribution in [-0.4, -0.2) is 16.1 Å². The topological polar surface area (TPSA) is 104 Å². The number of hydrogen-bond acceptors (Lipinski definition) is 3. The van der Waals surface area contributed by atoms with Crippen LogP contribution in [0.5, 0.6) is 0 Å². The van der Waals surface area contributed by atoms with Gasteiger partial charge in [-0.2, -0.15) is 0 Å². The van der Waals surface area contributed by atoms with Crippen LogP contribution >= 0.6 is 0 Å². The maximum absolute atomic E-state index is 11.3. The Labute approximate surface area is 85.0 Å². The molecule has 0 saturated carbocycles. The monoisotopic (exact) mass is 209 g/mol. The second-order valence-corrected chi connectivity index (χ2v) is 3.07. The van der Waals surface area contributed by atoms with Crippen LogP contribution < -0.4 is 11.2 Å². The standard InChI is InChI=1S/C8H11N5O2/c1-6-5-13(4-2-3-10-12-9)8(15)11-7(6)14/h5H,2-4H2,1H3,(H,11,14,15). The molecule has 0 fully saturated rings. The van der Waals surface area contributed by atoms with Crippen molar-refractivity contribution in [1.82, 2.24) is 9.55 Å². The van der Waals surface area contributed by atoms with Crippen molar-refractivity contribution in [3.63, 3.8) is 0 Å². The summed E-state index contributed by atoms with van der Waals surface area (Å²) in [5.74, 6) is 0. The Morgan fingerprint density at radius 1 is 1.60 bits per heavy atom. The van der Waals surface area contributed by atoms with Crippen LogP contribution in [0, 0.1) is 6.92 Å². The van der Waals surface area contributed by atoms with Gasteiger partial charge in [0.05, 0.1) is 0 Å². The summed E-state index contributed by atoms with van der Waals surface area (Å²) in [7, 11) is 0. The van der Waals surface area contributed by atoms with Crippen molar-refractivity contribution in [2.45, 2.75) is 19.9 Å². The number of hydrogen-bond donors (Lipinski definition) is 1. The fourth-order valence-corrected chi connectivity index (χ4v) is 1.14. The number of aromatic nitrogens is 2. The van der Waals surface area contributed by atoms with Crippen molar-refractivity contribution in [1.29, 1.82) is 0 Å². The summed E-state index contributed by atoms with van der Waals surface area (Å²) in [6.45, 7) is 2.39. The van der Waals surface area contributed by atoms with E-state index in [1.807, 2.05) is 0 Å². The number of rotatable bonds is 4. The fourth-order valence-electron chi connectivity index (χ4n) is 1.14. The molecule has 0 unspecified atom stereocenters. The van der Waals surface area contributed by atoms with Gasteiger partial charge in [0.2, 0.25) is 0 Å². The first-order valence-electron chi connectivity index (χ1n) is 4.46. The quantitative estimate of drug-likeness (QED) is 0.338. The Bertz CT molecular complexity index is 494. The lowest BCUT2D eigenvalue weighted by Gasteiger charge is -2.03. The molecular weight excluding hydrogens is 198 g/mol. The molecule has 0 aliphatic rings. The second kappa shape index (κ2) is 5.02. The summed E-state index contributed by atoms with van der Waals surface area (Å²) >= 11 is 0. The van der Waals surface area contributed by atoms with Gasteiger partial charge in [-0.3, -0.25) is 9.78 Å². The first-order chi connectivity index (χ1) is 7.15. The Hall–Kier alpha value is -2.01. The van der Waals surface area contributed by atoms with E-state index in [2.05, 4.69) is 15.0 Å². The summed E-state index contributed by atoms with van der Waals surface area (Å²) in [6.07, 6.45) is 2.06. The molecule has 0 aliphatic carbocycles. The van der Waals surface area contributed by atoms with Crippen LogP contribution in [-0.2, 0) is 6.54 Å². The molecule has 1 aromatic heterocycles. The summed E-state index contributed by atoms with van der Waals surface area (Å²) < 4.78 is 1.39. The third-order valence-electron chi connectivity index (χ3n) is 1.91. The van der Waals surface area contributed by atoms with Crippen LogP contribution in [0.3, 0.4) is 0 Å². The lowest BCUT2D eigenvalue weighted by Crippen LogP contribution is -2.30. The predicted molar refractivity (Wildman–Crippen MR) is 54.7 cm³/mol. The summed E-state index contributed by atoms with van der Waals surface area (Å²) in [5, 5.41) is 3.35. The van der Waals surface area contributed by atoms with Crippen LogP contribution in [0.1, 0.15) is 12.0 Å². The molecule has 1 N–H and O–H groups in total. The molecule has 15 heavy (non-hydrogen) atoms. The Kier molecular flexibility index (Phi) is 3.70. The summed E-state index contributed by atoms with van der Waals surface area (Å²) in [6, 6.07) is 0. The molecular formula is C8H11N5O2. The van der Waals surface area contributed by atoms with E-state index in [0.29, 0.717) is 25.1 Å². The molecule has 0 radical (unpaired) electrons. The zero-order valence-electron chi connectivity index (χ0n) is 8.30. The van der Waals surface area contributed by atoms with Gasteiger partial charge in [0, 0.05) is 29.8 Å². The molecule has 0 saturated heterocycles. The summed E-state index contributed by atoms with van der Waals surface area (Å²) in [5.41, 5.74) is 7.72. The van der Waals surface area contributed by atoms with Crippen LogP contribution in [0.4, 0.5) is 0 Å². The van der Waals surface area contributed by atoms with Gasteiger partial charge in [0.1, 0.15) is 0 Å². The maximum Gasteiger partial charge on any atom is 0.328 e. The number of H-pyrrole nitrogens is 1. The molecule has 0 aromatic carbocycles. The average molecular weight is 209 g/mol. The molecule has 0 amide bonds. The van der Waals surface area contributed by atoms with Crippen molar-refractivity contribution < 1.29 is 0 Å². The number of nitrogens with one attached hydrogen (secondary N) is 1. The van der Waals surface area contributed by atoms with E-state index in [0.717, 1.165) is 0 Å². The summed E-state index contributed by atoms with van der Waals surface area (Å²) in [4.78, 5) is 27.1. The van der Waals surface area contributed by atoms with E-state index in [-0.39, 0.29) is 5.56 Å². The van der Waals surface area contributed by atoms with Crippen LogP contribution in [0.25, 0.3) is 10.4 Å². The van der Waals surface area contributed by atoms with E-state index >= 15 is 0 Å². The smallest absolute Gasteiger partial charge is 0.300 e. The van der Waals surface area contributed by atoms with E-state index in [4.69, 9.17) is 5.53 Å². The largest absolute Gasteiger partial charge is 0.328 e. The highest BCUT2D eigenvalue weighted by molar-refractivity contribution is 5.00. The van der Waals surface area contributed by atoms with E-state index in [9.17, 15) is 9.59 Å². The highest BCUT2D eigenvalue weighted by Crippen LogP contribution is 1.89. The molecule has 1 aromatic rings. The van der Waals surface area contributed by atoms with E-state index in [1.165, 1.54) is 10.8 Å². The zero-order chi connectivity index (χ0) is 11.3. The Balaban J connectivity index is 2.78. The molecule has 0 spiro atoms. The van der Waals surface area contributed by atoms with Gasteiger partial charge < -0.3 is 4.57 Å². The number of aryl methyl sites for hydroxylation is 2. The van der Waals surface area contributed by atoms with Crippen molar-refractivity contribution in [3.8, 4) is 0 Å². The first kappa shape index (κ1) is 11.1. The third kappa shape index (κ3) is 2.99. The number of nitrogens with zero attached hydrogens (tertiary/aromatic N) is 4. The van der Waals surface area contributed by atoms with Gasteiger partial charge in [-0.25, -0.2) is 4.79 Å². The SMILES string of the molecule is Cc1cn(CCCN=[N+]=[N-])c(=O)[nH]c1=O. The van der Waals surface area contributed by atoms with Crippen molar-refractivity contribution in [3.05, 3.63) is 43.0 Å². The van der Waals surface area contributed by atoms with Crippen molar-refractivity contribution >= 4 is 0 Å². The van der Waals surface area contributed by atoms with Gasteiger partial charge in [0.15, 0.2) is 0 Å². The van der Waals surface area contributed by atoms with Gasteiger partial charge in [-0.1, -0.05) is 5.11 Å². The van der Waals surface area contributed by atoms with Crippen LogP contribution in [0.2, 0.25) is 0 Å². The van der Waals surface area contributed by atoms with Crippen molar-refractivity contribution in [2.75, 3.05) is 6.54 Å². The van der Waals surface area contributed by atoms with E-state index < -0.39 is 5.69 Å². The average Bonchev–Trinajstić information content (AvgIpc) is 2.20. The van der Waals surface area contributed by atoms with Crippen LogP contribution in [0.15, 0.2) is 20.9 Å². The minimum atomic E-state index is -0.438. The van der Waals surface area contributed by atoms with Gasteiger partial charge in [0.25, 0.3) is 5.56 Å². The van der Waals surface area contributed by atoms with Gasteiger partial charge >= 0.3 is 5.69 Å². The predicted octanol–water partition coefficient (Wildman–Crippen LogP) is 0.545. The van der Waals surface area contributed by atoms with Gasteiger partial charge in [-0.05, 0) is 18.9 Å². The highest BCUT2D eigenvalue weighted by Gasteiger charge is 1.99. The van der Waals surface area contributed by atoms with Crippen molar-refractivity contribution in [2.24, 2.45) is 5.11 Å². The molecule has 7 heteroatoms. The minimum absolute atomic E-state index is 0.334. The number of aromatic amines is 1. The lowest BCUT2D eigenvalue weighted by atomic mass is 10.3. The Morgan fingerprint density at radius 2 is 2.33 bits per heavy atom. The Morgan fingerprint density at radius 3 is 3.00 bits per heavy atom. The molecule has 0 atom stereocenters. The van der Waals surface area contributed by atoms with E-state index in [1.54, 1.807) is 6.92 Å². The third-order valence-corrected chi connectivity index (χ3v) is 1.91. The molecule has 0 aliphatic heterocycles. The maximum atomic E-state index is 11.3. The highest BCUT2D eigenvalue weighted by atomic mass is 16.2. The zero-order valence-corrected chi connectivity index (χ0v) is 8.30. The molecule has 1 heterocycles. The molecule has 1 rings (SSSR count). The number of azide groups is 1. The molecule has 0 bridgehead atoms. The minimum Gasteiger partial charge on any atom is -0.300 e. The molecule has 80 valence electrons.